The summed E-state index contributed by atoms with van der Waals surface area (Å²) in [5.74, 6) is 0.972. The van der Waals surface area contributed by atoms with Crippen molar-refractivity contribution < 1.29 is 4.74 Å². The smallest absolute Gasteiger partial charge is 0.0596 e. The minimum absolute atomic E-state index is 0.351. The van der Waals surface area contributed by atoms with E-state index in [1.54, 1.807) is 0 Å². The van der Waals surface area contributed by atoms with Crippen molar-refractivity contribution in [2.75, 3.05) is 26.7 Å². The quantitative estimate of drug-likeness (QED) is 0.801. The molecule has 112 valence electrons. The summed E-state index contributed by atoms with van der Waals surface area (Å²) in [5.41, 5.74) is 0. The van der Waals surface area contributed by atoms with Crippen LogP contribution < -0.4 is 5.32 Å². The highest BCUT2D eigenvalue weighted by atomic mass is 16.5. The van der Waals surface area contributed by atoms with Crippen LogP contribution in [0.3, 0.4) is 0 Å². The molecule has 0 amide bonds. The Morgan fingerprint density at radius 1 is 1.16 bits per heavy atom. The van der Waals surface area contributed by atoms with Crippen molar-refractivity contribution in [2.24, 2.45) is 5.92 Å². The van der Waals surface area contributed by atoms with Gasteiger partial charge in [-0.25, -0.2) is 0 Å². The number of nitrogens with one attached hydrogen (secondary N) is 1. The fraction of sp³-hybridized carbons (Fsp3) is 1.00. The van der Waals surface area contributed by atoms with Gasteiger partial charge in [-0.15, -0.1) is 0 Å². The zero-order valence-electron chi connectivity index (χ0n) is 13.0. The molecule has 0 aromatic rings. The molecule has 1 saturated carbocycles. The Morgan fingerprint density at radius 2 is 1.95 bits per heavy atom. The molecular formula is C16H32N2O. The number of hydrogen-bond acceptors (Lipinski definition) is 3. The highest BCUT2D eigenvalue weighted by Gasteiger charge is 2.31. The van der Waals surface area contributed by atoms with Gasteiger partial charge in [-0.3, -0.25) is 0 Å². The number of ether oxygens (including phenoxy) is 1. The van der Waals surface area contributed by atoms with Crippen LogP contribution in [0, 0.1) is 5.92 Å². The highest BCUT2D eigenvalue weighted by molar-refractivity contribution is 4.90. The van der Waals surface area contributed by atoms with Crippen molar-refractivity contribution in [1.29, 1.82) is 0 Å². The summed E-state index contributed by atoms with van der Waals surface area (Å²) in [4.78, 5) is 2.42. The lowest BCUT2D eigenvalue weighted by Crippen LogP contribution is -2.52. The second-order valence-corrected chi connectivity index (χ2v) is 6.77. The molecule has 1 N–H and O–H groups in total. The Balaban J connectivity index is 1.65. The number of fused-ring (bicyclic) bond motifs is 1. The molecule has 3 heteroatoms. The molecule has 1 aliphatic heterocycles. The number of piperidine rings is 1. The molecule has 3 atom stereocenters. The van der Waals surface area contributed by atoms with Crippen molar-refractivity contribution in [1.82, 2.24) is 10.2 Å². The minimum atomic E-state index is 0.351. The van der Waals surface area contributed by atoms with E-state index in [9.17, 15) is 0 Å². The van der Waals surface area contributed by atoms with E-state index in [1.807, 2.05) is 0 Å². The summed E-state index contributed by atoms with van der Waals surface area (Å²) >= 11 is 0. The van der Waals surface area contributed by atoms with Gasteiger partial charge in [-0.1, -0.05) is 12.8 Å². The predicted octanol–water partition coefficient (Wildman–Crippen LogP) is 2.65. The average Bonchev–Trinajstić information content (AvgIpc) is 2.38. The van der Waals surface area contributed by atoms with Gasteiger partial charge in [0.25, 0.3) is 0 Å². The molecule has 1 heterocycles. The minimum Gasteiger partial charge on any atom is -0.377 e. The lowest BCUT2D eigenvalue weighted by atomic mass is 9.78. The van der Waals surface area contributed by atoms with Crippen molar-refractivity contribution in [2.45, 2.75) is 70.6 Å². The van der Waals surface area contributed by atoms with Gasteiger partial charge in [0.05, 0.1) is 12.7 Å². The number of hydrogen-bond donors (Lipinski definition) is 1. The number of nitrogens with zero attached hydrogens (tertiary/aromatic N) is 1. The molecule has 0 radical (unpaired) electrons. The first-order valence-electron chi connectivity index (χ1n) is 8.21. The van der Waals surface area contributed by atoms with Crippen molar-refractivity contribution in [3.8, 4) is 0 Å². The summed E-state index contributed by atoms with van der Waals surface area (Å²) in [6.07, 6.45) is 8.90. The van der Waals surface area contributed by atoms with E-state index < -0.39 is 0 Å². The maximum atomic E-state index is 5.63. The van der Waals surface area contributed by atoms with Crippen LogP contribution in [0.4, 0.5) is 0 Å². The van der Waals surface area contributed by atoms with Crippen LogP contribution >= 0.6 is 0 Å². The molecule has 0 aromatic heterocycles. The van der Waals surface area contributed by atoms with E-state index in [0.29, 0.717) is 12.1 Å². The van der Waals surface area contributed by atoms with Crippen LogP contribution in [0.25, 0.3) is 0 Å². The van der Waals surface area contributed by atoms with Crippen molar-refractivity contribution >= 4 is 0 Å². The summed E-state index contributed by atoms with van der Waals surface area (Å²) in [6, 6.07) is 1.51. The summed E-state index contributed by atoms with van der Waals surface area (Å²) in [7, 11) is 2.22. The van der Waals surface area contributed by atoms with Gasteiger partial charge >= 0.3 is 0 Å². The Labute approximate surface area is 119 Å². The van der Waals surface area contributed by atoms with E-state index in [0.717, 1.165) is 25.1 Å². The van der Waals surface area contributed by atoms with Crippen LogP contribution in [0.1, 0.15) is 52.4 Å². The van der Waals surface area contributed by atoms with Crippen LogP contribution in [0.2, 0.25) is 0 Å². The topological polar surface area (TPSA) is 24.5 Å². The van der Waals surface area contributed by atoms with Crippen LogP contribution in [-0.4, -0.2) is 49.8 Å². The van der Waals surface area contributed by atoms with Crippen molar-refractivity contribution in [3.05, 3.63) is 0 Å². The number of likely N-dealkylation sites (N-methyl/N-ethyl adjacent to an activating group) is 1. The molecule has 0 aromatic carbocycles. The van der Waals surface area contributed by atoms with E-state index in [4.69, 9.17) is 4.74 Å². The van der Waals surface area contributed by atoms with Crippen LogP contribution in [0.5, 0.6) is 0 Å². The van der Waals surface area contributed by atoms with Crippen LogP contribution in [0.15, 0.2) is 0 Å². The van der Waals surface area contributed by atoms with Gasteiger partial charge in [-0.2, -0.15) is 0 Å². The normalized spacial score (nSPS) is 31.7. The second kappa shape index (κ2) is 7.61. The van der Waals surface area contributed by atoms with Gasteiger partial charge < -0.3 is 15.0 Å². The van der Waals surface area contributed by atoms with E-state index in [1.165, 1.54) is 45.1 Å². The van der Waals surface area contributed by atoms with Gasteiger partial charge in [-0.05, 0) is 52.5 Å². The zero-order valence-corrected chi connectivity index (χ0v) is 13.0. The molecular weight excluding hydrogens is 236 g/mol. The lowest BCUT2D eigenvalue weighted by Gasteiger charge is -2.41. The van der Waals surface area contributed by atoms with Gasteiger partial charge in [0.15, 0.2) is 0 Å². The third kappa shape index (κ3) is 5.05. The molecule has 0 bridgehead atoms. The third-order valence-corrected chi connectivity index (χ3v) is 4.70. The van der Waals surface area contributed by atoms with E-state index in [2.05, 4.69) is 31.1 Å². The van der Waals surface area contributed by atoms with Crippen molar-refractivity contribution in [3.63, 3.8) is 0 Å². The average molecular weight is 268 g/mol. The molecule has 1 saturated heterocycles. The monoisotopic (exact) mass is 268 g/mol. The first-order valence-corrected chi connectivity index (χ1v) is 8.21. The molecule has 0 spiro atoms. The van der Waals surface area contributed by atoms with Gasteiger partial charge in [0.2, 0.25) is 0 Å². The summed E-state index contributed by atoms with van der Waals surface area (Å²) < 4.78 is 5.63. The first-order chi connectivity index (χ1) is 9.15. The Hall–Kier alpha value is -0.120. The zero-order chi connectivity index (χ0) is 13.7. The molecule has 2 aliphatic rings. The summed E-state index contributed by atoms with van der Waals surface area (Å²) in [5, 5.41) is 3.90. The molecule has 3 nitrogen and oxygen atoms in total. The number of rotatable bonds is 6. The maximum absolute atomic E-state index is 5.63. The lowest BCUT2D eigenvalue weighted by molar-refractivity contribution is 0.0593. The standard InChI is InChI=1S/C16H32N2O/c1-13(2)19-11-10-18(3)12-15-9-8-14-6-4-5-7-16(14)17-15/h13-17H,4-12H2,1-3H3. The van der Waals surface area contributed by atoms with E-state index in [-0.39, 0.29) is 0 Å². The van der Waals surface area contributed by atoms with Crippen LogP contribution in [-0.2, 0) is 4.74 Å². The fourth-order valence-corrected chi connectivity index (χ4v) is 3.63. The Kier molecular flexibility index (Phi) is 6.11. The second-order valence-electron chi connectivity index (χ2n) is 6.77. The highest BCUT2D eigenvalue weighted by Crippen LogP contribution is 2.32. The molecule has 2 rings (SSSR count). The first kappa shape index (κ1) is 15.3. The molecule has 2 fully saturated rings. The van der Waals surface area contributed by atoms with Gasteiger partial charge in [0.1, 0.15) is 0 Å². The maximum Gasteiger partial charge on any atom is 0.0596 e. The predicted molar refractivity (Wildman–Crippen MR) is 80.5 cm³/mol. The Bertz CT molecular complexity index is 257. The third-order valence-electron chi connectivity index (χ3n) is 4.70. The largest absolute Gasteiger partial charge is 0.377 e. The SMILES string of the molecule is CC(C)OCCN(C)CC1CCC2CCCCC2N1. The van der Waals surface area contributed by atoms with Gasteiger partial charge in [0, 0.05) is 25.2 Å². The summed E-state index contributed by atoms with van der Waals surface area (Å²) in [6.45, 7) is 7.28. The molecule has 19 heavy (non-hydrogen) atoms. The molecule has 3 unspecified atom stereocenters. The van der Waals surface area contributed by atoms with E-state index >= 15 is 0 Å². The Morgan fingerprint density at radius 3 is 2.74 bits per heavy atom. The fourth-order valence-electron chi connectivity index (χ4n) is 3.63. The molecule has 1 aliphatic carbocycles.